The van der Waals surface area contributed by atoms with E-state index in [0.29, 0.717) is 126 Å². The number of pyridine rings is 3. The number of aryl methyl sites for hydroxylation is 1. The SMILES string of the molecule is C.COCC(C)Nc1nc(-c2ccccn2)nc(C(=O)CCCCC2=CCC=N2)c1Oc1ccccc1.COCCNc1nc(-c2ccccn2)nc(-c2cccc(OCCN(C)C)c2)c1Oc1ccccc1.Nc1nc(-c2ccccn2)nc(C(=O)CCCc2ccccc2)c1Oc1ccccc1. The molecule has 5 aromatic carbocycles. The third-order valence-corrected chi connectivity index (χ3v) is 15.6. The number of ketones is 2. The van der Waals surface area contributed by atoms with Crippen LogP contribution in [0.15, 0.2) is 236 Å². The number of rotatable bonds is 33. The average Bonchev–Trinajstić information content (AvgIpc) is 0.893. The molecule has 0 saturated carbocycles. The van der Waals surface area contributed by atoms with Gasteiger partial charge in [-0.1, -0.05) is 129 Å². The first-order chi connectivity index (χ1) is 50.5. The maximum Gasteiger partial charge on any atom is 0.199 e. The number of nitrogen functional groups attached to an aromatic ring is 1. The van der Waals surface area contributed by atoms with Crippen LogP contribution < -0.4 is 35.3 Å². The molecule has 0 amide bonds. The number of likely N-dealkylation sites (N-methyl/N-ethyl adjacent to an activating group) is 1. The maximum absolute atomic E-state index is 13.5. The summed E-state index contributed by atoms with van der Waals surface area (Å²) < 4.78 is 35.0. The van der Waals surface area contributed by atoms with E-state index in [0.717, 1.165) is 55.7 Å². The molecule has 0 saturated heterocycles. The van der Waals surface area contributed by atoms with Crippen molar-refractivity contribution >= 4 is 35.2 Å². The molecule has 12 rings (SSSR count). The Morgan fingerprint density at radius 1 is 0.529 bits per heavy atom. The number of aliphatic imine (C=N–C) groups is 1. The fourth-order valence-electron chi connectivity index (χ4n) is 10.5. The van der Waals surface area contributed by atoms with Crippen LogP contribution >= 0.6 is 0 Å². The second-order valence-corrected chi connectivity index (χ2v) is 23.9. The summed E-state index contributed by atoms with van der Waals surface area (Å²) >= 11 is 0. The highest BCUT2D eigenvalue weighted by Gasteiger charge is 2.27. The molecule has 0 aliphatic carbocycles. The van der Waals surface area contributed by atoms with Crippen LogP contribution in [0.2, 0.25) is 0 Å². The smallest absolute Gasteiger partial charge is 0.199 e. The van der Waals surface area contributed by atoms with Gasteiger partial charge in [-0.05, 0) is 144 Å². The molecule has 0 spiro atoms. The summed E-state index contributed by atoms with van der Waals surface area (Å²) in [5.74, 6) is 5.56. The van der Waals surface area contributed by atoms with Crippen LogP contribution in [-0.2, 0) is 15.9 Å². The summed E-state index contributed by atoms with van der Waals surface area (Å²) in [6.07, 6.45) is 14.6. The van der Waals surface area contributed by atoms with Gasteiger partial charge >= 0.3 is 0 Å². The highest BCUT2D eigenvalue weighted by Crippen LogP contribution is 2.41. The minimum Gasteiger partial charge on any atom is -0.492 e. The van der Waals surface area contributed by atoms with Gasteiger partial charge < -0.3 is 49.7 Å². The summed E-state index contributed by atoms with van der Waals surface area (Å²) in [6.45, 7) is 4.88. The number of carbonyl (C=O) groups excluding carboxylic acids is 2. The number of nitrogens with zero attached hydrogens (tertiary/aromatic N) is 11. The molecule has 1 aliphatic rings. The predicted molar refractivity (Wildman–Crippen MR) is 409 cm³/mol. The molecule has 7 heterocycles. The number of nitrogens with one attached hydrogen (secondary N) is 2. The van der Waals surface area contributed by atoms with Crippen molar-refractivity contribution in [1.82, 2.24) is 49.8 Å². The minimum atomic E-state index is -0.145. The van der Waals surface area contributed by atoms with Gasteiger partial charge in [-0.15, -0.1) is 0 Å². The lowest BCUT2D eigenvalue weighted by molar-refractivity contribution is 0.0964. The third-order valence-electron chi connectivity index (χ3n) is 15.6. The Kier molecular flexibility index (Phi) is 29.6. The number of para-hydroxylation sites is 3. The molecule has 0 bridgehead atoms. The van der Waals surface area contributed by atoms with Gasteiger partial charge in [0.05, 0.1) is 13.2 Å². The molecule has 11 aromatic rings. The molecule has 1 unspecified atom stereocenters. The van der Waals surface area contributed by atoms with Crippen LogP contribution in [0.3, 0.4) is 0 Å². The molecule has 0 fully saturated rings. The number of anilines is 3. The molecular formula is C82H88N14O8. The van der Waals surface area contributed by atoms with E-state index in [1.54, 1.807) is 57.1 Å². The lowest BCUT2D eigenvalue weighted by atomic mass is 10.0. The van der Waals surface area contributed by atoms with Crippen molar-refractivity contribution in [3.05, 3.63) is 248 Å². The van der Waals surface area contributed by atoms with Crippen molar-refractivity contribution in [1.29, 1.82) is 0 Å². The van der Waals surface area contributed by atoms with Gasteiger partial charge in [-0.25, -0.2) is 29.9 Å². The first-order valence-corrected chi connectivity index (χ1v) is 34.1. The zero-order chi connectivity index (χ0) is 71.8. The number of allylic oxidation sites excluding steroid dienone is 2. The number of carbonyl (C=O) groups is 2. The van der Waals surface area contributed by atoms with E-state index in [1.165, 1.54) is 5.56 Å². The maximum atomic E-state index is 13.5. The second kappa shape index (κ2) is 40.5. The minimum absolute atomic E-state index is 0. The number of unbranched alkanes of at least 4 members (excludes halogenated alkanes) is 1. The van der Waals surface area contributed by atoms with Crippen molar-refractivity contribution < 1.29 is 38.0 Å². The standard InChI is InChI=1S/2C28H31N5O3.C25H22N4O2.CH4/c1-33(2)17-19-35-23-13-9-10-21(20-23)25-26(36-22-11-5-4-6-12-22)28(30-16-18-34-3)32-27(31-25)24-14-7-8-15-29-24;1-20(19-35-2)31-28-26(36-22-13-4-3-5-14-22)25(32-27(33-28)23-15-8-9-17-30-23)24(34)16-7-6-11-21-12-10-18-29-21;26-24-23(31-19-13-5-2-6-14-19)22(28-25(29-24)20-15-7-8-17-27-20)21(30)16-9-12-18-10-3-1-4-11-18;/h4-15,20H,16-19H2,1-3H3,(H,30,31,32);3-5,8-9,12-15,17-18,20H,6-7,10-11,16,19H2,1-2H3,(H,31,32,33);1-8,10-11,13-15,17H,9,12,16H2,(H2,26,28,29);1H4. The van der Waals surface area contributed by atoms with Crippen LogP contribution in [0.25, 0.3) is 45.8 Å². The van der Waals surface area contributed by atoms with E-state index in [2.05, 4.69) is 68.6 Å². The van der Waals surface area contributed by atoms with E-state index < -0.39 is 0 Å². The topological polar surface area (TPSA) is 271 Å². The van der Waals surface area contributed by atoms with E-state index in [1.807, 2.05) is 191 Å². The van der Waals surface area contributed by atoms with Gasteiger partial charge in [0.1, 0.15) is 52.4 Å². The number of ether oxygens (including phenoxy) is 6. The van der Waals surface area contributed by atoms with Gasteiger partial charge in [0.15, 0.2) is 75.1 Å². The molecule has 104 heavy (non-hydrogen) atoms. The Hall–Kier alpha value is -12.0. The van der Waals surface area contributed by atoms with Crippen LogP contribution in [0.1, 0.15) is 85.8 Å². The zero-order valence-electron chi connectivity index (χ0n) is 58.5. The van der Waals surface area contributed by atoms with E-state index in [4.69, 9.17) is 49.1 Å². The number of hydrogen-bond acceptors (Lipinski definition) is 22. The lowest BCUT2D eigenvalue weighted by Crippen LogP contribution is -2.23. The largest absolute Gasteiger partial charge is 0.492 e. The van der Waals surface area contributed by atoms with E-state index in [-0.39, 0.29) is 48.0 Å². The second-order valence-electron chi connectivity index (χ2n) is 23.9. The number of methoxy groups -OCH3 is 2. The molecule has 22 heteroatoms. The monoisotopic (exact) mass is 1400 g/mol. The van der Waals surface area contributed by atoms with Crippen LogP contribution in [0, 0.1) is 0 Å². The average molecular weight is 1400 g/mol. The van der Waals surface area contributed by atoms with E-state index >= 15 is 0 Å². The third kappa shape index (κ3) is 23.0. The van der Waals surface area contributed by atoms with Crippen molar-refractivity contribution in [2.24, 2.45) is 4.99 Å². The predicted octanol–water partition coefficient (Wildman–Crippen LogP) is 16.6. The Balaban J connectivity index is 0.000000181. The van der Waals surface area contributed by atoms with Crippen LogP contribution in [-0.4, -0.2) is 135 Å². The molecule has 4 N–H and O–H groups in total. The lowest BCUT2D eigenvalue weighted by Gasteiger charge is -2.19. The van der Waals surface area contributed by atoms with Gasteiger partial charge in [-0.3, -0.25) is 29.5 Å². The van der Waals surface area contributed by atoms with Crippen molar-refractivity contribution in [2.45, 2.75) is 71.8 Å². The van der Waals surface area contributed by atoms with Crippen molar-refractivity contribution in [3.63, 3.8) is 0 Å². The van der Waals surface area contributed by atoms with Crippen LogP contribution in [0.5, 0.6) is 40.2 Å². The number of Topliss-reactive ketones (excluding diaryl/α,β-unsaturated/α-hetero) is 2. The molecule has 1 aliphatic heterocycles. The number of aromatic nitrogens is 9. The number of benzene rings is 5. The van der Waals surface area contributed by atoms with Gasteiger partial charge in [-0.2, -0.15) is 0 Å². The molecule has 534 valence electrons. The highest BCUT2D eigenvalue weighted by molar-refractivity contribution is 5.99. The van der Waals surface area contributed by atoms with Gasteiger partial charge in [0.2, 0.25) is 0 Å². The summed E-state index contributed by atoms with van der Waals surface area (Å²) in [5.41, 5.74) is 12.2. The Labute approximate surface area is 608 Å². The highest BCUT2D eigenvalue weighted by atomic mass is 16.5. The van der Waals surface area contributed by atoms with Gasteiger partial charge in [0.25, 0.3) is 0 Å². The summed E-state index contributed by atoms with van der Waals surface area (Å²) in [7, 11) is 7.34. The molecule has 6 aromatic heterocycles. The summed E-state index contributed by atoms with van der Waals surface area (Å²) in [6, 6.07) is 62.5. The molecular weight excluding hydrogens is 1310 g/mol. The zero-order valence-corrected chi connectivity index (χ0v) is 58.5. The quantitative estimate of drug-likeness (QED) is 0.0255. The Morgan fingerprint density at radius 3 is 1.60 bits per heavy atom. The Bertz CT molecular complexity index is 4510. The fraction of sp³-hybridized carbons (Fsp3) is 0.244. The first kappa shape index (κ1) is 76.2. The van der Waals surface area contributed by atoms with Crippen molar-refractivity contribution in [3.8, 4) is 86.1 Å². The molecule has 0 radical (unpaired) electrons. The number of nitrogens with two attached hydrogens (primary N) is 1. The normalized spacial score (nSPS) is 11.5. The summed E-state index contributed by atoms with van der Waals surface area (Å²) in [5, 5.41) is 6.69. The van der Waals surface area contributed by atoms with E-state index in [9.17, 15) is 9.59 Å². The Morgan fingerprint density at radius 2 is 1.05 bits per heavy atom. The van der Waals surface area contributed by atoms with Crippen molar-refractivity contribution in [2.75, 3.05) is 77.6 Å². The first-order valence-electron chi connectivity index (χ1n) is 34.1. The summed E-state index contributed by atoms with van der Waals surface area (Å²) in [4.78, 5) is 74.1. The van der Waals surface area contributed by atoms with Gasteiger partial charge in [0, 0.05) is 88.7 Å². The molecule has 1 atom stereocenters. The number of hydrogen-bond donors (Lipinski definition) is 3. The molecule has 22 nitrogen and oxygen atoms in total. The van der Waals surface area contributed by atoms with Crippen LogP contribution in [0.4, 0.5) is 17.5 Å². The fourth-order valence-corrected chi connectivity index (χ4v) is 10.5.